The van der Waals surface area contributed by atoms with Crippen molar-refractivity contribution in [2.24, 2.45) is 5.73 Å². The number of nitrogens with two attached hydrogens (primary N) is 1. The fraction of sp³-hybridized carbons (Fsp3) is 0.333. The summed E-state index contributed by atoms with van der Waals surface area (Å²) in [6.45, 7) is -0.0524. The predicted octanol–water partition coefficient (Wildman–Crippen LogP) is 1.32. The maximum Gasteiger partial charge on any atom is 0.573 e. The fourth-order valence-corrected chi connectivity index (χ4v) is 2.22. The largest absolute Gasteiger partial charge is 0.573 e. The van der Waals surface area contributed by atoms with Gasteiger partial charge >= 0.3 is 6.36 Å². The molecular weight excluding hydrogens is 259 g/mol. The summed E-state index contributed by atoms with van der Waals surface area (Å²) >= 11 is 0. The van der Waals surface area contributed by atoms with E-state index >= 15 is 0 Å². The SMILES string of the molecule is NCCS(=O)(=O)c1ccc(OC(F)(F)F)cc1. The van der Waals surface area contributed by atoms with Crippen molar-refractivity contribution < 1.29 is 26.3 Å². The van der Waals surface area contributed by atoms with Gasteiger partial charge in [0.15, 0.2) is 9.84 Å². The molecule has 0 unspecified atom stereocenters. The van der Waals surface area contributed by atoms with Crippen LogP contribution < -0.4 is 10.5 Å². The maximum absolute atomic E-state index is 11.8. The number of rotatable bonds is 4. The van der Waals surface area contributed by atoms with E-state index in [1.54, 1.807) is 0 Å². The van der Waals surface area contributed by atoms with Crippen molar-refractivity contribution in [3.63, 3.8) is 0 Å². The summed E-state index contributed by atoms with van der Waals surface area (Å²) < 4.78 is 62.1. The third-order valence-corrected chi connectivity index (χ3v) is 3.57. The van der Waals surface area contributed by atoms with Crippen molar-refractivity contribution in [1.29, 1.82) is 0 Å². The Morgan fingerprint density at radius 3 is 2.12 bits per heavy atom. The Bertz CT molecular complexity index is 467. The minimum Gasteiger partial charge on any atom is -0.406 e. The average molecular weight is 269 g/mol. The number of halogens is 3. The van der Waals surface area contributed by atoms with E-state index < -0.39 is 21.9 Å². The van der Waals surface area contributed by atoms with Gasteiger partial charge in [-0.05, 0) is 24.3 Å². The first-order valence-electron chi connectivity index (χ1n) is 4.53. The smallest absolute Gasteiger partial charge is 0.406 e. The van der Waals surface area contributed by atoms with E-state index in [-0.39, 0.29) is 17.2 Å². The topological polar surface area (TPSA) is 69.4 Å². The third-order valence-electron chi connectivity index (χ3n) is 1.80. The van der Waals surface area contributed by atoms with Crippen LogP contribution in [-0.4, -0.2) is 27.1 Å². The molecule has 1 aromatic rings. The summed E-state index contributed by atoms with van der Waals surface area (Å²) in [5, 5.41) is 0. The van der Waals surface area contributed by atoms with Crippen LogP contribution in [0.1, 0.15) is 0 Å². The molecule has 4 nitrogen and oxygen atoms in total. The highest BCUT2D eigenvalue weighted by Crippen LogP contribution is 2.24. The standard InChI is InChI=1S/C9H10F3NO3S/c10-9(11,12)16-7-1-3-8(4-2-7)17(14,15)6-5-13/h1-4H,5-6,13H2. The van der Waals surface area contributed by atoms with Crippen LogP contribution >= 0.6 is 0 Å². The van der Waals surface area contributed by atoms with Crippen molar-refractivity contribution in [2.45, 2.75) is 11.3 Å². The summed E-state index contributed by atoms with van der Waals surface area (Å²) in [5.74, 6) is -0.726. The molecule has 0 radical (unpaired) electrons. The first-order valence-corrected chi connectivity index (χ1v) is 6.18. The van der Waals surface area contributed by atoms with E-state index in [9.17, 15) is 21.6 Å². The van der Waals surface area contributed by atoms with Gasteiger partial charge in [0.05, 0.1) is 10.6 Å². The van der Waals surface area contributed by atoms with Gasteiger partial charge in [0.1, 0.15) is 5.75 Å². The fourth-order valence-electron chi connectivity index (χ4n) is 1.12. The predicted molar refractivity (Wildman–Crippen MR) is 54.2 cm³/mol. The van der Waals surface area contributed by atoms with Gasteiger partial charge in [-0.2, -0.15) is 0 Å². The third kappa shape index (κ3) is 4.23. The van der Waals surface area contributed by atoms with E-state index in [1.807, 2.05) is 0 Å². The first-order chi connectivity index (χ1) is 7.74. The van der Waals surface area contributed by atoms with Crippen LogP contribution in [0.15, 0.2) is 29.2 Å². The highest BCUT2D eigenvalue weighted by atomic mass is 32.2. The highest BCUT2D eigenvalue weighted by molar-refractivity contribution is 7.91. The summed E-state index contributed by atoms with van der Waals surface area (Å²) in [6.07, 6.45) is -4.79. The van der Waals surface area contributed by atoms with Crippen LogP contribution in [0.5, 0.6) is 5.75 Å². The zero-order valence-electron chi connectivity index (χ0n) is 8.57. The van der Waals surface area contributed by atoms with Crippen molar-refractivity contribution in [3.05, 3.63) is 24.3 Å². The Morgan fingerprint density at radius 1 is 1.18 bits per heavy atom. The van der Waals surface area contributed by atoms with Crippen LogP contribution in [0.25, 0.3) is 0 Å². The molecule has 0 aromatic heterocycles. The van der Waals surface area contributed by atoms with Crippen LogP contribution in [0, 0.1) is 0 Å². The molecule has 0 saturated heterocycles. The van der Waals surface area contributed by atoms with E-state index in [4.69, 9.17) is 5.73 Å². The van der Waals surface area contributed by atoms with Gasteiger partial charge in [0.2, 0.25) is 0 Å². The van der Waals surface area contributed by atoms with E-state index in [2.05, 4.69) is 4.74 Å². The monoisotopic (exact) mass is 269 g/mol. The molecule has 0 aliphatic carbocycles. The number of ether oxygens (including phenoxy) is 1. The molecule has 0 bridgehead atoms. The lowest BCUT2D eigenvalue weighted by atomic mass is 10.3. The van der Waals surface area contributed by atoms with Gasteiger partial charge in [0.25, 0.3) is 0 Å². The molecule has 0 aliphatic heterocycles. The molecule has 17 heavy (non-hydrogen) atoms. The Kier molecular flexibility index (Phi) is 3.99. The quantitative estimate of drug-likeness (QED) is 0.895. The molecular formula is C9H10F3NO3S. The lowest BCUT2D eigenvalue weighted by Crippen LogP contribution is -2.17. The van der Waals surface area contributed by atoms with E-state index in [1.165, 1.54) is 0 Å². The van der Waals surface area contributed by atoms with Crippen molar-refractivity contribution in [1.82, 2.24) is 0 Å². The first kappa shape index (κ1) is 13.8. The maximum atomic E-state index is 11.8. The number of hydrogen-bond donors (Lipinski definition) is 1. The molecule has 0 aliphatic rings. The van der Waals surface area contributed by atoms with E-state index in [0.717, 1.165) is 24.3 Å². The number of alkyl halides is 3. The van der Waals surface area contributed by atoms with Gasteiger partial charge in [-0.1, -0.05) is 0 Å². The lowest BCUT2D eigenvalue weighted by molar-refractivity contribution is -0.274. The molecule has 0 fully saturated rings. The molecule has 0 heterocycles. The van der Waals surface area contributed by atoms with Crippen LogP contribution in [0.3, 0.4) is 0 Å². The van der Waals surface area contributed by atoms with Crippen LogP contribution in [0.4, 0.5) is 13.2 Å². The van der Waals surface area contributed by atoms with Gasteiger partial charge in [-0.25, -0.2) is 8.42 Å². The molecule has 96 valence electrons. The van der Waals surface area contributed by atoms with Crippen molar-refractivity contribution in [2.75, 3.05) is 12.3 Å². The Hall–Kier alpha value is -1.28. The normalized spacial score (nSPS) is 12.5. The molecule has 2 N–H and O–H groups in total. The summed E-state index contributed by atoms with van der Waals surface area (Å²) in [4.78, 5) is -0.0857. The molecule has 1 rings (SSSR count). The van der Waals surface area contributed by atoms with E-state index in [0.29, 0.717) is 0 Å². The summed E-state index contributed by atoms with van der Waals surface area (Å²) in [5.41, 5.74) is 5.11. The number of benzene rings is 1. The van der Waals surface area contributed by atoms with Crippen molar-refractivity contribution >= 4 is 9.84 Å². The molecule has 0 atom stereocenters. The number of hydrogen-bond acceptors (Lipinski definition) is 4. The number of sulfone groups is 1. The zero-order valence-corrected chi connectivity index (χ0v) is 9.38. The van der Waals surface area contributed by atoms with Gasteiger partial charge in [-0.15, -0.1) is 13.2 Å². The second-order valence-corrected chi connectivity index (χ2v) is 5.24. The van der Waals surface area contributed by atoms with Gasteiger partial charge in [0, 0.05) is 6.54 Å². The summed E-state index contributed by atoms with van der Waals surface area (Å²) in [7, 11) is -3.53. The molecule has 1 aromatic carbocycles. The van der Waals surface area contributed by atoms with Crippen LogP contribution in [-0.2, 0) is 9.84 Å². The van der Waals surface area contributed by atoms with Crippen LogP contribution in [0.2, 0.25) is 0 Å². The Labute approximate surface area is 96.1 Å². The molecule has 0 saturated carbocycles. The van der Waals surface area contributed by atoms with Gasteiger partial charge < -0.3 is 10.5 Å². The Morgan fingerprint density at radius 2 is 1.71 bits per heavy atom. The molecule has 0 amide bonds. The van der Waals surface area contributed by atoms with Crippen molar-refractivity contribution in [3.8, 4) is 5.75 Å². The molecule has 8 heteroatoms. The minimum atomic E-state index is -4.79. The summed E-state index contributed by atoms with van der Waals surface area (Å²) in [6, 6.07) is 3.98. The zero-order chi connectivity index (χ0) is 13.1. The lowest BCUT2D eigenvalue weighted by Gasteiger charge is -2.09. The Balaban J connectivity index is 2.89. The second kappa shape index (κ2) is 4.92. The molecule has 0 spiro atoms. The minimum absolute atomic E-state index is 0.0524. The van der Waals surface area contributed by atoms with Gasteiger partial charge in [-0.3, -0.25) is 0 Å². The highest BCUT2D eigenvalue weighted by Gasteiger charge is 2.31. The average Bonchev–Trinajstić information content (AvgIpc) is 2.15. The second-order valence-electron chi connectivity index (χ2n) is 3.13.